The first-order valence-electron chi connectivity index (χ1n) is 9.32. The molecule has 0 atom stereocenters. The predicted molar refractivity (Wildman–Crippen MR) is 113 cm³/mol. The second-order valence-corrected chi connectivity index (χ2v) is 8.10. The summed E-state index contributed by atoms with van der Waals surface area (Å²) in [5, 5.41) is 4.47. The first-order valence-corrected chi connectivity index (χ1v) is 10.3. The zero-order valence-corrected chi connectivity index (χ0v) is 17.3. The minimum Gasteiger partial charge on any atom is -0.297 e. The summed E-state index contributed by atoms with van der Waals surface area (Å²) in [6.07, 6.45) is 5.06. The number of aromatic nitrogens is 4. The number of imidazole rings is 1. The third kappa shape index (κ3) is 3.70. The van der Waals surface area contributed by atoms with Crippen LogP contribution in [0.3, 0.4) is 0 Å². The minimum absolute atomic E-state index is 0.262. The molecule has 0 aliphatic rings. The van der Waals surface area contributed by atoms with E-state index in [2.05, 4.69) is 17.0 Å². The summed E-state index contributed by atoms with van der Waals surface area (Å²) < 4.78 is 17.6. The molecule has 0 aliphatic carbocycles. The number of pyridine rings is 1. The van der Waals surface area contributed by atoms with Gasteiger partial charge in [-0.3, -0.25) is 13.9 Å². The highest BCUT2D eigenvalue weighted by Gasteiger charge is 2.13. The minimum atomic E-state index is -0.262. The Morgan fingerprint density at radius 1 is 1.21 bits per heavy atom. The van der Waals surface area contributed by atoms with Gasteiger partial charge in [0.1, 0.15) is 17.2 Å². The predicted octanol–water partition coefficient (Wildman–Crippen LogP) is 4.64. The van der Waals surface area contributed by atoms with Gasteiger partial charge in [-0.1, -0.05) is 6.07 Å². The molecule has 0 saturated heterocycles. The highest BCUT2D eigenvalue weighted by molar-refractivity contribution is 7.99. The molecule has 0 spiro atoms. The second-order valence-electron chi connectivity index (χ2n) is 6.96. The molecule has 3 aromatic heterocycles. The van der Waals surface area contributed by atoms with Gasteiger partial charge in [0, 0.05) is 29.6 Å². The van der Waals surface area contributed by atoms with Crippen molar-refractivity contribution in [3.05, 3.63) is 71.2 Å². The Kier molecular flexibility index (Phi) is 5.24. The zero-order chi connectivity index (χ0) is 20.5. The van der Waals surface area contributed by atoms with Gasteiger partial charge in [-0.15, -0.1) is 11.8 Å². The Labute approximate surface area is 172 Å². The van der Waals surface area contributed by atoms with Crippen molar-refractivity contribution in [3.63, 3.8) is 0 Å². The molecule has 3 heterocycles. The largest absolute Gasteiger partial charge is 0.297 e. The molecule has 5 nitrogen and oxygen atoms in total. The van der Waals surface area contributed by atoms with Crippen molar-refractivity contribution in [1.29, 1.82) is 0 Å². The van der Waals surface area contributed by atoms with E-state index in [9.17, 15) is 9.18 Å². The topological polar surface area (TPSA) is 52.2 Å². The highest BCUT2D eigenvalue weighted by atomic mass is 32.2. The number of carbonyl (C=O) groups excluding carboxylic acids is 1. The normalized spacial score (nSPS) is 11.3. The van der Waals surface area contributed by atoms with Crippen LogP contribution in [0.25, 0.3) is 16.8 Å². The van der Waals surface area contributed by atoms with Crippen LogP contribution in [0.15, 0.2) is 47.6 Å². The van der Waals surface area contributed by atoms with E-state index in [0.29, 0.717) is 11.3 Å². The summed E-state index contributed by atoms with van der Waals surface area (Å²) in [7, 11) is 1.95. The number of aldehydes is 1. The van der Waals surface area contributed by atoms with Gasteiger partial charge >= 0.3 is 0 Å². The van der Waals surface area contributed by atoms with Crippen molar-refractivity contribution in [2.75, 3.05) is 5.75 Å². The molecule has 0 saturated carbocycles. The fraction of sp³-hybridized carbons (Fsp3) is 0.227. The molecule has 29 heavy (non-hydrogen) atoms. The van der Waals surface area contributed by atoms with E-state index in [1.54, 1.807) is 34.5 Å². The first-order chi connectivity index (χ1) is 14.0. The number of fused-ring (bicyclic) bond motifs is 1. The molecular formula is C22H21FN4OS. The van der Waals surface area contributed by atoms with Crippen LogP contribution >= 0.6 is 11.8 Å². The van der Waals surface area contributed by atoms with Crippen LogP contribution < -0.4 is 0 Å². The van der Waals surface area contributed by atoms with Crippen LogP contribution in [-0.2, 0) is 13.5 Å². The van der Waals surface area contributed by atoms with E-state index in [1.807, 2.05) is 37.0 Å². The molecule has 0 unspecified atom stereocenters. The standard InChI is InChI=1S/C22H21FN4OS/c1-14-19(15(2)26(3)25-14)8-9-29-21-10-17(23)5-6-20(21)16-4-7-22-24-11-18(13-28)27(22)12-16/h4-7,10-13H,8-9H2,1-3H3. The number of halogens is 1. The van der Waals surface area contributed by atoms with Crippen LogP contribution in [0, 0.1) is 19.7 Å². The number of nitrogens with zero attached hydrogens (tertiary/aromatic N) is 4. The molecule has 0 aliphatic heterocycles. The first kappa shape index (κ1) is 19.4. The van der Waals surface area contributed by atoms with E-state index < -0.39 is 0 Å². The lowest BCUT2D eigenvalue weighted by Crippen LogP contribution is -1.96. The zero-order valence-electron chi connectivity index (χ0n) is 16.5. The Bertz CT molecular complexity index is 1210. The molecule has 7 heteroatoms. The van der Waals surface area contributed by atoms with Gasteiger partial charge in [-0.05, 0) is 61.2 Å². The second kappa shape index (κ2) is 7.83. The Hall–Kier alpha value is -2.93. The molecule has 0 bridgehead atoms. The Morgan fingerprint density at radius 2 is 2.03 bits per heavy atom. The lowest BCUT2D eigenvalue weighted by molar-refractivity contribution is 0.111. The Morgan fingerprint density at radius 3 is 2.76 bits per heavy atom. The van der Waals surface area contributed by atoms with Crippen molar-refractivity contribution in [2.24, 2.45) is 7.05 Å². The van der Waals surface area contributed by atoms with Crippen LogP contribution in [0.1, 0.15) is 27.4 Å². The fourth-order valence-corrected chi connectivity index (χ4v) is 4.61. The Balaban J connectivity index is 1.63. The van der Waals surface area contributed by atoms with Crippen molar-refractivity contribution in [1.82, 2.24) is 19.2 Å². The maximum Gasteiger partial charge on any atom is 0.168 e. The molecule has 148 valence electrons. The SMILES string of the molecule is Cc1nn(C)c(C)c1CCSc1cc(F)ccc1-c1ccc2ncc(C=O)n2c1. The van der Waals surface area contributed by atoms with Gasteiger partial charge in [0.05, 0.1) is 11.9 Å². The molecular weight excluding hydrogens is 387 g/mol. The number of hydrogen-bond acceptors (Lipinski definition) is 4. The van der Waals surface area contributed by atoms with Gasteiger partial charge < -0.3 is 0 Å². The highest BCUT2D eigenvalue weighted by Crippen LogP contribution is 2.33. The number of aryl methyl sites for hydroxylation is 2. The van der Waals surface area contributed by atoms with E-state index >= 15 is 0 Å². The number of thioether (sulfide) groups is 1. The van der Waals surface area contributed by atoms with Gasteiger partial charge in [0.25, 0.3) is 0 Å². The van der Waals surface area contributed by atoms with Gasteiger partial charge in [-0.2, -0.15) is 5.10 Å². The molecule has 4 aromatic rings. The third-order valence-electron chi connectivity index (χ3n) is 5.18. The van der Waals surface area contributed by atoms with E-state index in [0.717, 1.165) is 45.9 Å². The van der Waals surface area contributed by atoms with E-state index in [4.69, 9.17) is 0 Å². The van der Waals surface area contributed by atoms with Crippen LogP contribution in [0.2, 0.25) is 0 Å². The number of carbonyl (C=O) groups is 1. The van der Waals surface area contributed by atoms with Crippen molar-refractivity contribution < 1.29 is 9.18 Å². The average Bonchev–Trinajstić information content (AvgIpc) is 3.22. The number of rotatable bonds is 6. The number of benzene rings is 1. The average molecular weight is 409 g/mol. The van der Waals surface area contributed by atoms with Crippen LogP contribution in [0.4, 0.5) is 4.39 Å². The van der Waals surface area contributed by atoms with Crippen molar-refractivity contribution >= 4 is 23.7 Å². The van der Waals surface area contributed by atoms with Crippen LogP contribution in [-0.4, -0.2) is 31.2 Å². The summed E-state index contributed by atoms with van der Waals surface area (Å²) in [6, 6.07) is 8.64. The summed E-state index contributed by atoms with van der Waals surface area (Å²) in [6.45, 7) is 4.09. The lowest BCUT2D eigenvalue weighted by atomic mass is 10.1. The van der Waals surface area contributed by atoms with Gasteiger partial charge in [0.15, 0.2) is 6.29 Å². The van der Waals surface area contributed by atoms with Crippen molar-refractivity contribution in [3.8, 4) is 11.1 Å². The smallest absolute Gasteiger partial charge is 0.168 e. The molecule has 0 radical (unpaired) electrons. The molecule has 0 amide bonds. The van der Waals surface area contributed by atoms with Gasteiger partial charge in [-0.25, -0.2) is 9.37 Å². The summed E-state index contributed by atoms with van der Waals surface area (Å²) in [4.78, 5) is 16.3. The summed E-state index contributed by atoms with van der Waals surface area (Å²) >= 11 is 1.62. The molecule has 0 fully saturated rings. The van der Waals surface area contributed by atoms with Crippen LogP contribution in [0.5, 0.6) is 0 Å². The maximum absolute atomic E-state index is 14.0. The lowest BCUT2D eigenvalue weighted by Gasteiger charge is -2.11. The fourth-order valence-electron chi connectivity index (χ4n) is 3.54. The van der Waals surface area contributed by atoms with Crippen molar-refractivity contribution in [2.45, 2.75) is 25.2 Å². The van der Waals surface area contributed by atoms with E-state index in [-0.39, 0.29) is 5.82 Å². The molecule has 1 aromatic carbocycles. The summed E-state index contributed by atoms with van der Waals surface area (Å²) in [5.74, 6) is 0.554. The summed E-state index contributed by atoms with van der Waals surface area (Å²) in [5.41, 5.74) is 6.48. The number of hydrogen-bond donors (Lipinski definition) is 0. The monoisotopic (exact) mass is 408 g/mol. The molecule has 0 N–H and O–H groups in total. The molecule has 4 rings (SSSR count). The third-order valence-corrected chi connectivity index (χ3v) is 6.24. The van der Waals surface area contributed by atoms with Gasteiger partial charge in [0.2, 0.25) is 0 Å². The maximum atomic E-state index is 14.0. The van der Waals surface area contributed by atoms with E-state index in [1.165, 1.54) is 11.6 Å². The quantitative estimate of drug-likeness (QED) is 0.345.